The Labute approximate surface area is 102 Å². The minimum Gasteiger partial charge on any atom is -0.303 e. The van der Waals surface area contributed by atoms with Gasteiger partial charge < -0.3 is 5.32 Å². The van der Waals surface area contributed by atoms with Crippen molar-refractivity contribution in [2.45, 2.75) is 0 Å². The van der Waals surface area contributed by atoms with Gasteiger partial charge in [0.15, 0.2) is 5.82 Å². The Hall–Kier alpha value is -2.76. The van der Waals surface area contributed by atoms with Gasteiger partial charge in [0.1, 0.15) is 5.69 Å². The van der Waals surface area contributed by atoms with Crippen LogP contribution in [0, 0.1) is 0 Å². The number of nitrogens with one attached hydrogen (secondary N) is 2. The van der Waals surface area contributed by atoms with Gasteiger partial charge >= 0.3 is 0 Å². The van der Waals surface area contributed by atoms with Crippen LogP contribution in [-0.4, -0.2) is 26.1 Å². The van der Waals surface area contributed by atoms with Gasteiger partial charge in [0.25, 0.3) is 5.91 Å². The van der Waals surface area contributed by atoms with Gasteiger partial charge in [-0.25, -0.2) is 4.98 Å². The molecule has 0 aliphatic rings. The first-order chi connectivity index (χ1) is 8.84. The number of nitrogens with zero attached hydrogens (tertiary/aromatic N) is 3. The number of aromatic nitrogens is 4. The third-order valence-electron chi connectivity index (χ3n) is 2.50. The van der Waals surface area contributed by atoms with Crippen LogP contribution in [0.1, 0.15) is 10.5 Å². The summed E-state index contributed by atoms with van der Waals surface area (Å²) >= 11 is 0. The molecule has 0 bridgehead atoms. The van der Waals surface area contributed by atoms with Crippen LogP contribution < -0.4 is 5.32 Å². The van der Waals surface area contributed by atoms with E-state index in [0.29, 0.717) is 5.82 Å². The molecule has 0 radical (unpaired) electrons. The molecule has 0 aliphatic heterocycles. The third kappa shape index (κ3) is 1.80. The second-order valence-corrected chi connectivity index (χ2v) is 3.66. The van der Waals surface area contributed by atoms with Crippen LogP contribution in [0.25, 0.3) is 10.9 Å². The molecule has 1 aromatic carbocycles. The van der Waals surface area contributed by atoms with Gasteiger partial charge in [-0.3, -0.25) is 14.9 Å². The average molecular weight is 239 g/mol. The van der Waals surface area contributed by atoms with Gasteiger partial charge in [-0.2, -0.15) is 5.10 Å². The average Bonchev–Trinajstić information content (AvgIpc) is 2.83. The number of fused-ring (bicyclic) bond motifs is 1. The first kappa shape index (κ1) is 10.4. The van der Waals surface area contributed by atoms with Crippen LogP contribution >= 0.6 is 0 Å². The lowest BCUT2D eigenvalue weighted by atomic mass is 10.2. The van der Waals surface area contributed by atoms with Gasteiger partial charge in [0.2, 0.25) is 0 Å². The van der Waals surface area contributed by atoms with Gasteiger partial charge in [0, 0.05) is 17.8 Å². The molecular weight excluding hydrogens is 230 g/mol. The Morgan fingerprint density at radius 2 is 2.11 bits per heavy atom. The van der Waals surface area contributed by atoms with Crippen LogP contribution in [0.5, 0.6) is 0 Å². The number of carbonyl (C=O) groups excluding carboxylic acids is 1. The summed E-state index contributed by atoms with van der Waals surface area (Å²) < 4.78 is 0. The highest BCUT2D eigenvalue weighted by Gasteiger charge is 2.11. The van der Waals surface area contributed by atoms with Crippen LogP contribution in [0.3, 0.4) is 0 Å². The number of anilines is 1. The number of para-hydroxylation sites is 1. The lowest BCUT2D eigenvalue weighted by Gasteiger charge is -2.00. The van der Waals surface area contributed by atoms with Crippen LogP contribution in [0.15, 0.2) is 42.9 Å². The quantitative estimate of drug-likeness (QED) is 0.711. The number of amides is 1. The van der Waals surface area contributed by atoms with Crippen molar-refractivity contribution in [3.63, 3.8) is 0 Å². The molecule has 0 fully saturated rings. The maximum absolute atomic E-state index is 11.9. The highest BCUT2D eigenvalue weighted by molar-refractivity contribution is 6.06. The smallest absolute Gasteiger partial charge is 0.277 e. The molecule has 0 saturated carbocycles. The number of benzene rings is 1. The molecule has 6 heteroatoms. The molecule has 2 aromatic heterocycles. The number of carbonyl (C=O) groups is 1. The number of hydrogen-bond donors (Lipinski definition) is 2. The molecule has 3 aromatic rings. The van der Waals surface area contributed by atoms with E-state index in [9.17, 15) is 4.79 Å². The molecule has 1 amide bonds. The molecule has 3 rings (SSSR count). The van der Waals surface area contributed by atoms with E-state index in [4.69, 9.17) is 0 Å². The highest BCUT2D eigenvalue weighted by Crippen LogP contribution is 2.19. The van der Waals surface area contributed by atoms with Crippen LogP contribution in [0.4, 0.5) is 5.82 Å². The molecular formula is C12H9N5O. The standard InChI is InChI=1S/C12H9N5O/c18-12(10-7-13-5-6-14-10)15-11-8-3-1-2-4-9(8)16-17-11/h1-7H,(H2,15,16,17,18). The van der Waals surface area contributed by atoms with Crippen molar-refractivity contribution in [1.82, 2.24) is 20.2 Å². The molecule has 0 unspecified atom stereocenters. The van der Waals surface area contributed by atoms with E-state index in [1.54, 1.807) is 0 Å². The van der Waals surface area contributed by atoms with Crippen molar-refractivity contribution in [1.29, 1.82) is 0 Å². The molecule has 0 spiro atoms. The van der Waals surface area contributed by atoms with E-state index in [-0.39, 0.29) is 11.6 Å². The second kappa shape index (κ2) is 4.25. The summed E-state index contributed by atoms with van der Waals surface area (Å²) in [6.07, 6.45) is 4.39. The molecule has 0 atom stereocenters. The maximum Gasteiger partial charge on any atom is 0.277 e. The number of H-pyrrole nitrogens is 1. The zero-order valence-corrected chi connectivity index (χ0v) is 9.29. The Kier molecular flexibility index (Phi) is 2.45. The van der Waals surface area contributed by atoms with E-state index in [1.165, 1.54) is 18.6 Å². The fraction of sp³-hybridized carbons (Fsp3) is 0. The van der Waals surface area contributed by atoms with Crippen LogP contribution in [0.2, 0.25) is 0 Å². The Morgan fingerprint density at radius 3 is 2.94 bits per heavy atom. The molecule has 88 valence electrons. The zero-order valence-electron chi connectivity index (χ0n) is 9.29. The van der Waals surface area contributed by atoms with Gasteiger partial charge in [-0.1, -0.05) is 12.1 Å². The summed E-state index contributed by atoms with van der Waals surface area (Å²) in [6.45, 7) is 0. The van der Waals surface area contributed by atoms with Crippen molar-refractivity contribution in [2.24, 2.45) is 0 Å². The summed E-state index contributed by atoms with van der Waals surface area (Å²) in [7, 11) is 0. The van der Waals surface area contributed by atoms with Crippen molar-refractivity contribution < 1.29 is 4.79 Å². The van der Waals surface area contributed by atoms with Crippen LogP contribution in [-0.2, 0) is 0 Å². The number of aromatic amines is 1. The van der Waals surface area contributed by atoms with E-state index >= 15 is 0 Å². The SMILES string of the molecule is O=C(Nc1n[nH]c2ccccc12)c1cnccn1. The molecule has 18 heavy (non-hydrogen) atoms. The van der Waals surface area contributed by atoms with Crippen molar-refractivity contribution in [3.8, 4) is 0 Å². The zero-order chi connectivity index (χ0) is 12.4. The summed E-state index contributed by atoms with van der Waals surface area (Å²) in [5.74, 6) is 0.154. The fourth-order valence-corrected chi connectivity index (χ4v) is 1.65. The minimum atomic E-state index is -0.333. The van der Waals surface area contributed by atoms with Crippen molar-refractivity contribution in [3.05, 3.63) is 48.5 Å². The third-order valence-corrected chi connectivity index (χ3v) is 2.50. The van der Waals surface area contributed by atoms with Gasteiger partial charge in [-0.15, -0.1) is 0 Å². The molecule has 2 heterocycles. The highest BCUT2D eigenvalue weighted by atomic mass is 16.2. The summed E-state index contributed by atoms with van der Waals surface area (Å²) in [5.41, 5.74) is 1.12. The Bertz CT molecular complexity index is 692. The molecule has 0 saturated heterocycles. The van der Waals surface area contributed by atoms with Crippen molar-refractivity contribution in [2.75, 3.05) is 5.32 Å². The number of rotatable bonds is 2. The second-order valence-electron chi connectivity index (χ2n) is 3.66. The predicted octanol–water partition coefficient (Wildman–Crippen LogP) is 1.61. The summed E-state index contributed by atoms with van der Waals surface area (Å²) in [6, 6.07) is 7.55. The lowest BCUT2D eigenvalue weighted by Crippen LogP contribution is -2.14. The van der Waals surface area contributed by atoms with Crippen molar-refractivity contribution >= 4 is 22.6 Å². The minimum absolute atomic E-state index is 0.254. The summed E-state index contributed by atoms with van der Waals surface area (Å²) in [5, 5.41) is 10.5. The largest absolute Gasteiger partial charge is 0.303 e. The van der Waals surface area contributed by atoms with Gasteiger partial charge in [0.05, 0.1) is 11.7 Å². The number of hydrogen-bond acceptors (Lipinski definition) is 4. The molecule has 2 N–H and O–H groups in total. The normalized spacial score (nSPS) is 10.4. The predicted molar refractivity (Wildman–Crippen MR) is 66.1 cm³/mol. The lowest BCUT2D eigenvalue weighted by molar-refractivity contribution is 0.102. The molecule has 6 nitrogen and oxygen atoms in total. The fourth-order valence-electron chi connectivity index (χ4n) is 1.65. The summed E-state index contributed by atoms with van der Waals surface area (Å²) in [4.78, 5) is 19.7. The van der Waals surface area contributed by atoms with E-state index in [2.05, 4.69) is 25.5 Å². The molecule has 0 aliphatic carbocycles. The van der Waals surface area contributed by atoms with E-state index < -0.39 is 0 Å². The van der Waals surface area contributed by atoms with E-state index in [1.807, 2.05) is 24.3 Å². The van der Waals surface area contributed by atoms with E-state index in [0.717, 1.165) is 10.9 Å². The first-order valence-electron chi connectivity index (χ1n) is 5.35. The first-order valence-corrected chi connectivity index (χ1v) is 5.35. The Balaban J connectivity index is 1.91. The maximum atomic E-state index is 11.9. The van der Waals surface area contributed by atoms with Gasteiger partial charge in [-0.05, 0) is 12.1 Å². The topological polar surface area (TPSA) is 83.6 Å². The monoisotopic (exact) mass is 239 g/mol. The Morgan fingerprint density at radius 1 is 1.22 bits per heavy atom.